The molecule has 68 valence electrons. The van der Waals surface area contributed by atoms with E-state index in [0.717, 1.165) is 5.76 Å². The molecule has 0 aliphatic rings. The molecule has 1 aromatic rings. The third kappa shape index (κ3) is 1.89. The van der Waals surface area contributed by atoms with Gasteiger partial charge in [-0.25, -0.2) is 0 Å². The molecule has 2 nitrogen and oxygen atoms in total. The fourth-order valence-electron chi connectivity index (χ4n) is 1.68. The highest BCUT2D eigenvalue weighted by molar-refractivity contribution is 5.08. The smallest absolute Gasteiger partial charge is 0.108 e. The van der Waals surface area contributed by atoms with E-state index in [-0.39, 0.29) is 6.04 Å². The lowest BCUT2D eigenvalue weighted by Crippen LogP contribution is -2.28. The maximum Gasteiger partial charge on any atom is 0.108 e. The quantitative estimate of drug-likeness (QED) is 0.750. The van der Waals surface area contributed by atoms with Crippen LogP contribution in [-0.2, 0) is 0 Å². The zero-order valence-corrected chi connectivity index (χ0v) is 7.95. The Hall–Kier alpha value is -0.760. The van der Waals surface area contributed by atoms with Crippen LogP contribution >= 0.6 is 0 Å². The van der Waals surface area contributed by atoms with Crippen molar-refractivity contribution in [3.05, 3.63) is 24.2 Å². The number of nitrogens with two attached hydrogens (primary N) is 1. The van der Waals surface area contributed by atoms with Crippen molar-refractivity contribution in [2.45, 2.75) is 32.7 Å². The van der Waals surface area contributed by atoms with E-state index >= 15 is 0 Å². The topological polar surface area (TPSA) is 39.2 Å². The first-order valence-electron chi connectivity index (χ1n) is 4.42. The summed E-state index contributed by atoms with van der Waals surface area (Å²) in [7, 11) is 0. The van der Waals surface area contributed by atoms with E-state index in [2.05, 4.69) is 13.8 Å². The summed E-state index contributed by atoms with van der Waals surface area (Å²) in [5.41, 5.74) is 5.87. The molecule has 0 fully saturated rings. The van der Waals surface area contributed by atoms with Crippen LogP contribution in [0.5, 0.6) is 0 Å². The second kappa shape index (κ2) is 3.76. The van der Waals surface area contributed by atoms with Gasteiger partial charge in [-0.05, 0) is 25.0 Å². The zero-order valence-electron chi connectivity index (χ0n) is 7.95. The molecule has 0 aliphatic heterocycles. The van der Waals surface area contributed by atoms with Crippen molar-refractivity contribution in [1.82, 2.24) is 0 Å². The molecule has 0 radical (unpaired) electrons. The number of hydrogen-bond donors (Lipinski definition) is 1. The Bertz CT molecular complexity index is 206. The summed E-state index contributed by atoms with van der Waals surface area (Å²) in [4.78, 5) is 0. The third-order valence-electron chi connectivity index (χ3n) is 2.16. The number of hydrogen-bond acceptors (Lipinski definition) is 2. The molecular weight excluding hydrogens is 150 g/mol. The SMILES string of the molecule is CC(C)C(c1ccco1)C(C)N. The maximum atomic E-state index is 5.87. The highest BCUT2D eigenvalue weighted by Gasteiger charge is 2.21. The Kier molecular flexibility index (Phi) is 2.93. The van der Waals surface area contributed by atoms with Gasteiger partial charge in [0, 0.05) is 12.0 Å². The van der Waals surface area contributed by atoms with Gasteiger partial charge in [0.05, 0.1) is 6.26 Å². The molecule has 0 aromatic carbocycles. The highest BCUT2D eigenvalue weighted by atomic mass is 16.3. The minimum Gasteiger partial charge on any atom is -0.469 e. The molecule has 1 rings (SSSR count). The van der Waals surface area contributed by atoms with Gasteiger partial charge in [0.1, 0.15) is 5.76 Å². The minimum atomic E-state index is 0.149. The molecule has 0 spiro atoms. The maximum absolute atomic E-state index is 5.87. The molecule has 2 atom stereocenters. The van der Waals surface area contributed by atoms with E-state index in [1.54, 1.807) is 6.26 Å². The predicted molar refractivity (Wildman–Crippen MR) is 49.9 cm³/mol. The average Bonchev–Trinajstić information content (AvgIpc) is 2.37. The summed E-state index contributed by atoms with van der Waals surface area (Å²) in [6, 6.07) is 4.05. The van der Waals surface area contributed by atoms with Crippen LogP contribution in [0.4, 0.5) is 0 Å². The van der Waals surface area contributed by atoms with Crippen LogP contribution in [0.3, 0.4) is 0 Å². The zero-order chi connectivity index (χ0) is 9.14. The Morgan fingerprint density at radius 3 is 2.33 bits per heavy atom. The first kappa shape index (κ1) is 9.33. The normalized spacial score (nSPS) is 16.4. The molecule has 12 heavy (non-hydrogen) atoms. The van der Waals surface area contributed by atoms with Crippen molar-refractivity contribution in [2.24, 2.45) is 11.7 Å². The molecule has 2 N–H and O–H groups in total. The Morgan fingerprint density at radius 2 is 2.00 bits per heavy atom. The summed E-state index contributed by atoms with van der Waals surface area (Å²) in [5.74, 6) is 1.86. The van der Waals surface area contributed by atoms with Crippen molar-refractivity contribution in [2.75, 3.05) is 0 Å². The fourth-order valence-corrected chi connectivity index (χ4v) is 1.68. The summed E-state index contributed by atoms with van der Waals surface area (Å²) in [5, 5.41) is 0. The Balaban J connectivity index is 2.81. The lowest BCUT2D eigenvalue weighted by Gasteiger charge is -2.22. The van der Waals surface area contributed by atoms with E-state index in [0.29, 0.717) is 11.8 Å². The summed E-state index contributed by atoms with van der Waals surface area (Å²) >= 11 is 0. The van der Waals surface area contributed by atoms with Crippen molar-refractivity contribution in [1.29, 1.82) is 0 Å². The summed E-state index contributed by atoms with van der Waals surface area (Å²) in [6.45, 7) is 6.35. The van der Waals surface area contributed by atoms with Crippen LogP contribution in [0.15, 0.2) is 22.8 Å². The van der Waals surface area contributed by atoms with Gasteiger partial charge in [-0.2, -0.15) is 0 Å². The largest absolute Gasteiger partial charge is 0.469 e. The second-order valence-electron chi connectivity index (χ2n) is 3.64. The van der Waals surface area contributed by atoms with Gasteiger partial charge in [0.2, 0.25) is 0 Å². The van der Waals surface area contributed by atoms with Gasteiger partial charge in [-0.1, -0.05) is 13.8 Å². The van der Waals surface area contributed by atoms with Crippen LogP contribution in [0, 0.1) is 5.92 Å². The van der Waals surface area contributed by atoms with E-state index in [9.17, 15) is 0 Å². The van der Waals surface area contributed by atoms with Gasteiger partial charge in [0.15, 0.2) is 0 Å². The van der Waals surface area contributed by atoms with Crippen LogP contribution < -0.4 is 5.73 Å². The van der Waals surface area contributed by atoms with E-state index in [1.807, 2.05) is 19.1 Å². The molecule has 0 saturated carbocycles. The monoisotopic (exact) mass is 167 g/mol. The number of furan rings is 1. The molecule has 2 unspecified atom stereocenters. The first-order valence-corrected chi connectivity index (χ1v) is 4.42. The summed E-state index contributed by atoms with van der Waals surface area (Å²) < 4.78 is 5.34. The first-order chi connectivity index (χ1) is 5.63. The molecule has 0 saturated heterocycles. The van der Waals surface area contributed by atoms with Crippen LogP contribution in [0.25, 0.3) is 0 Å². The van der Waals surface area contributed by atoms with Crippen molar-refractivity contribution < 1.29 is 4.42 Å². The Labute approximate surface area is 73.8 Å². The molecule has 2 heteroatoms. The fraction of sp³-hybridized carbons (Fsp3) is 0.600. The third-order valence-corrected chi connectivity index (χ3v) is 2.16. The van der Waals surface area contributed by atoms with E-state index in [4.69, 9.17) is 10.2 Å². The van der Waals surface area contributed by atoms with E-state index in [1.165, 1.54) is 0 Å². The molecule has 1 aromatic heterocycles. The van der Waals surface area contributed by atoms with Crippen LogP contribution in [0.2, 0.25) is 0 Å². The lowest BCUT2D eigenvalue weighted by molar-refractivity contribution is 0.358. The minimum absolute atomic E-state index is 0.149. The average molecular weight is 167 g/mol. The van der Waals surface area contributed by atoms with Gasteiger partial charge in [-0.15, -0.1) is 0 Å². The summed E-state index contributed by atoms with van der Waals surface area (Å²) in [6.07, 6.45) is 1.70. The van der Waals surface area contributed by atoms with Crippen molar-refractivity contribution in [3.8, 4) is 0 Å². The number of rotatable bonds is 3. The highest BCUT2D eigenvalue weighted by Crippen LogP contribution is 2.26. The van der Waals surface area contributed by atoms with Crippen molar-refractivity contribution in [3.63, 3.8) is 0 Å². The van der Waals surface area contributed by atoms with Gasteiger partial charge < -0.3 is 10.2 Å². The van der Waals surface area contributed by atoms with Gasteiger partial charge >= 0.3 is 0 Å². The van der Waals surface area contributed by atoms with Gasteiger partial charge in [-0.3, -0.25) is 0 Å². The predicted octanol–water partition coefficient (Wildman–Crippen LogP) is 2.37. The standard InChI is InChI=1S/C10H17NO/c1-7(2)10(8(3)11)9-5-4-6-12-9/h4-8,10H,11H2,1-3H3. The second-order valence-corrected chi connectivity index (χ2v) is 3.64. The molecule has 0 aliphatic carbocycles. The van der Waals surface area contributed by atoms with Crippen LogP contribution in [-0.4, -0.2) is 6.04 Å². The lowest BCUT2D eigenvalue weighted by atomic mass is 9.88. The molecule has 0 amide bonds. The van der Waals surface area contributed by atoms with Gasteiger partial charge in [0.25, 0.3) is 0 Å². The van der Waals surface area contributed by atoms with Crippen LogP contribution in [0.1, 0.15) is 32.4 Å². The van der Waals surface area contributed by atoms with E-state index < -0.39 is 0 Å². The Morgan fingerprint density at radius 1 is 1.33 bits per heavy atom. The van der Waals surface area contributed by atoms with Crippen molar-refractivity contribution >= 4 is 0 Å². The molecular formula is C10H17NO. The molecule has 1 heterocycles. The molecule has 0 bridgehead atoms.